The molecule has 88 valence electrons. The molecule has 0 unspecified atom stereocenters. The van der Waals surface area contributed by atoms with Crippen molar-refractivity contribution in [2.24, 2.45) is 0 Å². The number of sulfone groups is 1. The molecule has 1 aliphatic heterocycles. The van der Waals surface area contributed by atoms with Gasteiger partial charge in [-0.05, 0) is 39.4 Å². The van der Waals surface area contributed by atoms with Crippen molar-refractivity contribution in [1.29, 1.82) is 0 Å². The lowest BCUT2D eigenvalue weighted by atomic mass is 10.0. The van der Waals surface area contributed by atoms with Gasteiger partial charge in [-0.3, -0.25) is 0 Å². The van der Waals surface area contributed by atoms with Gasteiger partial charge in [0.2, 0.25) is 0 Å². The minimum Gasteiger partial charge on any atom is -0.361 e. The van der Waals surface area contributed by atoms with Crippen LogP contribution in [0.5, 0.6) is 0 Å². The van der Waals surface area contributed by atoms with Gasteiger partial charge in [-0.15, -0.1) is 0 Å². The average molecular weight is 250 g/mol. The van der Waals surface area contributed by atoms with Gasteiger partial charge in [0, 0.05) is 6.04 Å². The highest BCUT2D eigenvalue weighted by Crippen LogP contribution is 2.22. The predicted molar refractivity (Wildman–Crippen MR) is 65.7 cm³/mol. The molecule has 0 aromatic heterocycles. The number of hydrogen-bond donors (Lipinski definition) is 2. The molecule has 0 spiro atoms. The van der Waals surface area contributed by atoms with Crippen molar-refractivity contribution in [3.05, 3.63) is 0 Å². The molecule has 0 aromatic rings. The second-order valence-corrected chi connectivity index (χ2v) is 7.25. The van der Waals surface area contributed by atoms with Gasteiger partial charge in [-0.25, -0.2) is 8.42 Å². The summed E-state index contributed by atoms with van der Waals surface area (Å²) in [5, 5.41) is 6.66. The number of thiocarbonyl (C=S) groups is 1. The zero-order valence-electron chi connectivity index (χ0n) is 9.33. The van der Waals surface area contributed by atoms with Gasteiger partial charge in [-0.1, -0.05) is 0 Å². The van der Waals surface area contributed by atoms with E-state index in [-0.39, 0.29) is 17.5 Å². The van der Waals surface area contributed by atoms with Gasteiger partial charge in [0.25, 0.3) is 0 Å². The summed E-state index contributed by atoms with van der Waals surface area (Å²) in [6.07, 6.45) is 0.620. The standard InChI is InChI=1S/C9H18N2O2S2/c1-7(2)10-8(14)11-9(3)4-5-15(12,13)6-9/h7H,4-6H2,1-3H3,(H2,10,11,14)/t9-/m0/s1. The minimum atomic E-state index is -2.88. The van der Waals surface area contributed by atoms with Crippen LogP contribution in [0.3, 0.4) is 0 Å². The van der Waals surface area contributed by atoms with Crippen molar-refractivity contribution in [3.63, 3.8) is 0 Å². The minimum absolute atomic E-state index is 0.167. The lowest BCUT2D eigenvalue weighted by Crippen LogP contribution is -2.52. The van der Waals surface area contributed by atoms with E-state index in [0.717, 1.165) is 0 Å². The molecule has 4 nitrogen and oxygen atoms in total. The Morgan fingerprint density at radius 1 is 1.47 bits per heavy atom. The van der Waals surface area contributed by atoms with Crippen LogP contribution in [0.2, 0.25) is 0 Å². The second-order valence-electron chi connectivity index (χ2n) is 4.66. The van der Waals surface area contributed by atoms with Crippen molar-refractivity contribution in [2.45, 2.75) is 38.8 Å². The fourth-order valence-electron chi connectivity index (χ4n) is 1.68. The molecular weight excluding hydrogens is 232 g/mol. The summed E-state index contributed by atoms with van der Waals surface area (Å²) < 4.78 is 22.7. The molecule has 1 fully saturated rings. The van der Waals surface area contributed by atoms with Crippen molar-refractivity contribution in [3.8, 4) is 0 Å². The monoisotopic (exact) mass is 250 g/mol. The summed E-state index contributed by atoms with van der Waals surface area (Å²) in [7, 11) is -2.88. The summed E-state index contributed by atoms with van der Waals surface area (Å²) in [6, 6.07) is 0.256. The maximum atomic E-state index is 11.3. The Morgan fingerprint density at radius 3 is 2.47 bits per heavy atom. The Balaban J connectivity index is 2.55. The van der Waals surface area contributed by atoms with E-state index in [4.69, 9.17) is 12.2 Å². The quantitative estimate of drug-likeness (QED) is 0.696. The smallest absolute Gasteiger partial charge is 0.166 e. The van der Waals surface area contributed by atoms with E-state index in [2.05, 4.69) is 10.6 Å². The zero-order chi connectivity index (χ0) is 11.7. The number of rotatable bonds is 2. The van der Waals surface area contributed by atoms with E-state index in [1.807, 2.05) is 20.8 Å². The zero-order valence-corrected chi connectivity index (χ0v) is 11.0. The SMILES string of the molecule is CC(C)NC(=S)N[C@@]1(C)CCS(=O)(=O)C1. The van der Waals surface area contributed by atoms with E-state index in [1.54, 1.807) is 0 Å². The summed E-state index contributed by atoms with van der Waals surface area (Å²) >= 11 is 5.10. The third-order valence-electron chi connectivity index (χ3n) is 2.34. The molecular formula is C9H18N2O2S2. The van der Waals surface area contributed by atoms with Crippen molar-refractivity contribution in [2.75, 3.05) is 11.5 Å². The fourth-order valence-corrected chi connectivity index (χ4v) is 4.26. The van der Waals surface area contributed by atoms with Gasteiger partial charge in [0.1, 0.15) is 0 Å². The van der Waals surface area contributed by atoms with E-state index in [0.29, 0.717) is 11.5 Å². The Labute approximate surface area is 96.7 Å². The first-order valence-corrected chi connectivity index (χ1v) is 7.24. The summed E-state index contributed by atoms with van der Waals surface area (Å²) in [6.45, 7) is 5.87. The molecule has 1 rings (SSSR count). The van der Waals surface area contributed by atoms with Crippen molar-refractivity contribution >= 4 is 27.2 Å². The van der Waals surface area contributed by atoms with Crippen LogP contribution in [0, 0.1) is 0 Å². The van der Waals surface area contributed by atoms with Crippen molar-refractivity contribution in [1.82, 2.24) is 10.6 Å². The molecule has 0 aliphatic carbocycles. The summed E-state index contributed by atoms with van der Waals surface area (Å²) in [4.78, 5) is 0. The highest BCUT2D eigenvalue weighted by molar-refractivity contribution is 7.91. The Kier molecular flexibility index (Phi) is 3.60. The lowest BCUT2D eigenvalue weighted by Gasteiger charge is -2.26. The maximum absolute atomic E-state index is 11.3. The summed E-state index contributed by atoms with van der Waals surface area (Å²) in [5.41, 5.74) is -0.405. The van der Waals surface area contributed by atoms with Crippen LogP contribution in [0.25, 0.3) is 0 Å². The normalized spacial score (nSPS) is 29.1. The van der Waals surface area contributed by atoms with Crippen LogP contribution >= 0.6 is 12.2 Å². The van der Waals surface area contributed by atoms with Crippen LogP contribution in [0.4, 0.5) is 0 Å². The molecule has 0 amide bonds. The molecule has 1 heterocycles. The molecule has 1 aliphatic rings. The molecule has 1 atom stereocenters. The maximum Gasteiger partial charge on any atom is 0.166 e. The largest absolute Gasteiger partial charge is 0.361 e. The lowest BCUT2D eigenvalue weighted by molar-refractivity contribution is 0.465. The third kappa shape index (κ3) is 3.95. The van der Waals surface area contributed by atoms with E-state index >= 15 is 0 Å². The first-order chi connectivity index (χ1) is 6.72. The van der Waals surface area contributed by atoms with Gasteiger partial charge in [0.15, 0.2) is 14.9 Å². The molecule has 0 saturated carbocycles. The van der Waals surface area contributed by atoms with Crippen LogP contribution in [0.15, 0.2) is 0 Å². The van der Waals surface area contributed by atoms with Crippen molar-refractivity contribution < 1.29 is 8.42 Å². The Morgan fingerprint density at radius 2 is 2.07 bits per heavy atom. The fraction of sp³-hybridized carbons (Fsp3) is 0.889. The van der Waals surface area contributed by atoms with Crippen LogP contribution < -0.4 is 10.6 Å². The first-order valence-electron chi connectivity index (χ1n) is 5.02. The molecule has 2 N–H and O–H groups in total. The average Bonchev–Trinajstić information content (AvgIpc) is 2.22. The third-order valence-corrected chi connectivity index (χ3v) is 4.46. The Hall–Kier alpha value is -0.360. The highest BCUT2D eigenvalue weighted by atomic mass is 32.2. The van der Waals surface area contributed by atoms with E-state index in [1.165, 1.54) is 0 Å². The molecule has 6 heteroatoms. The summed E-state index contributed by atoms with van der Waals surface area (Å²) in [5.74, 6) is 0.417. The second kappa shape index (κ2) is 4.25. The predicted octanol–water partition coefficient (Wildman–Crippen LogP) is 0.436. The number of nitrogens with one attached hydrogen (secondary N) is 2. The molecule has 0 radical (unpaired) electrons. The highest BCUT2D eigenvalue weighted by Gasteiger charge is 2.38. The van der Waals surface area contributed by atoms with E-state index < -0.39 is 15.4 Å². The number of hydrogen-bond acceptors (Lipinski definition) is 3. The molecule has 1 saturated heterocycles. The van der Waals surface area contributed by atoms with Gasteiger partial charge in [0.05, 0.1) is 17.0 Å². The van der Waals surface area contributed by atoms with Crippen LogP contribution in [0.1, 0.15) is 27.2 Å². The van der Waals surface area contributed by atoms with Gasteiger partial charge < -0.3 is 10.6 Å². The van der Waals surface area contributed by atoms with Gasteiger partial charge >= 0.3 is 0 Å². The molecule has 0 aromatic carbocycles. The van der Waals surface area contributed by atoms with E-state index in [9.17, 15) is 8.42 Å². The van der Waals surface area contributed by atoms with Crippen LogP contribution in [-0.4, -0.2) is 36.6 Å². The molecule has 15 heavy (non-hydrogen) atoms. The Bertz CT molecular complexity index is 351. The van der Waals surface area contributed by atoms with Gasteiger partial charge in [-0.2, -0.15) is 0 Å². The first kappa shape index (κ1) is 12.7. The topological polar surface area (TPSA) is 58.2 Å². The molecule has 0 bridgehead atoms. The van der Waals surface area contributed by atoms with Crippen LogP contribution in [-0.2, 0) is 9.84 Å².